The molecule has 0 fully saturated rings. The SMILES string of the molecule is CNc1[nH]n(-c2ccccc2)c(=O)c1N=Nc1c(C#N)cnn1C. The van der Waals surface area contributed by atoms with Crippen molar-refractivity contribution < 1.29 is 0 Å². The fourth-order valence-corrected chi connectivity index (χ4v) is 2.18. The Morgan fingerprint density at radius 1 is 1.29 bits per heavy atom. The summed E-state index contributed by atoms with van der Waals surface area (Å²) in [5, 5.41) is 26.9. The lowest BCUT2D eigenvalue weighted by Crippen LogP contribution is -2.13. The van der Waals surface area contributed by atoms with E-state index in [1.807, 2.05) is 24.3 Å². The number of nitrogens with one attached hydrogen (secondary N) is 2. The minimum absolute atomic E-state index is 0.117. The van der Waals surface area contributed by atoms with Crippen LogP contribution in [0.15, 0.2) is 51.6 Å². The van der Waals surface area contributed by atoms with E-state index in [0.717, 1.165) is 0 Å². The lowest BCUT2D eigenvalue weighted by atomic mass is 10.3. The zero-order valence-electron chi connectivity index (χ0n) is 13.1. The van der Waals surface area contributed by atoms with Crippen LogP contribution < -0.4 is 10.9 Å². The van der Waals surface area contributed by atoms with Gasteiger partial charge in [-0.3, -0.25) is 9.89 Å². The third-order valence-corrected chi connectivity index (χ3v) is 3.40. The van der Waals surface area contributed by atoms with Gasteiger partial charge < -0.3 is 5.32 Å². The Bertz CT molecular complexity index is 987. The van der Waals surface area contributed by atoms with E-state index >= 15 is 0 Å². The second-order valence-electron chi connectivity index (χ2n) is 4.88. The van der Waals surface area contributed by atoms with E-state index in [1.54, 1.807) is 26.2 Å². The standard InChI is InChI=1S/C15H14N8O/c1-17-13-12(19-20-14-10(8-16)9-18-22(14)2)15(24)23(21-13)11-6-4-3-5-7-11/h3-7,9,17,21H,1-2H3. The monoisotopic (exact) mass is 322 g/mol. The maximum absolute atomic E-state index is 12.6. The molecule has 0 aliphatic carbocycles. The Morgan fingerprint density at radius 2 is 2.04 bits per heavy atom. The fraction of sp³-hybridized carbons (Fsp3) is 0.133. The molecule has 0 saturated heterocycles. The van der Waals surface area contributed by atoms with Crippen LogP contribution in [0, 0.1) is 11.3 Å². The molecular formula is C15H14N8O. The normalized spacial score (nSPS) is 10.9. The lowest BCUT2D eigenvalue weighted by Gasteiger charge is -2.00. The number of nitrogens with zero attached hydrogens (tertiary/aromatic N) is 6. The molecule has 0 aliphatic heterocycles. The van der Waals surface area contributed by atoms with Crippen molar-refractivity contribution in [2.45, 2.75) is 0 Å². The minimum Gasteiger partial charge on any atom is -0.372 e. The first kappa shape index (κ1) is 15.2. The average molecular weight is 322 g/mol. The zero-order chi connectivity index (χ0) is 17.1. The third kappa shape index (κ3) is 2.56. The third-order valence-electron chi connectivity index (χ3n) is 3.40. The van der Waals surface area contributed by atoms with Crippen molar-refractivity contribution in [1.82, 2.24) is 19.6 Å². The molecule has 0 radical (unpaired) electrons. The van der Waals surface area contributed by atoms with Gasteiger partial charge in [-0.05, 0) is 12.1 Å². The van der Waals surface area contributed by atoms with Gasteiger partial charge in [0.05, 0.1) is 11.9 Å². The van der Waals surface area contributed by atoms with Gasteiger partial charge in [-0.15, -0.1) is 10.2 Å². The first-order valence-electron chi connectivity index (χ1n) is 7.07. The van der Waals surface area contributed by atoms with Gasteiger partial charge in [-0.1, -0.05) is 18.2 Å². The van der Waals surface area contributed by atoms with E-state index in [4.69, 9.17) is 5.26 Å². The highest BCUT2D eigenvalue weighted by molar-refractivity contribution is 5.60. The summed E-state index contributed by atoms with van der Waals surface area (Å²) in [6.07, 6.45) is 1.40. The van der Waals surface area contributed by atoms with Crippen molar-refractivity contribution >= 4 is 17.3 Å². The van der Waals surface area contributed by atoms with Crippen molar-refractivity contribution in [1.29, 1.82) is 5.26 Å². The van der Waals surface area contributed by atoms with E-state index < -0.39 is 0 Å². The predicted molar refractivity (Wildman–Crippen MR) is 88.0 cm³/mol. The molecule has 2 heterocycles. The molecule has 0 atom stereocenters. The molecule has 9 nitrogen and oxygen atoms in total. The van der Waals surface area contributed by atoms with Crippen molar-refractivity contribution in [2.24, 2.45) is 17.3 Å². The van der Waals surface area contributed by atoms with E-state index in [0.29, 0.717) is 11.5 Å². The topological polar surface area (TPSA) is 116 Å². The smallest absolute Gasteiger partial charge is 0.301 e. The molecule has 24 heavy (non-hydrogen) atoms. The second-order valence-corrected chi connectivity index (χ2v) is 4.88. The molecule has 2 N–H and O–H groups in total. The minimum atomic E-state index is -0.352. The van der Waals surface area contributed by atoms with E-state index in [1.165, 1.54) is 15.6 Å². The van der Waals surface area contributed by atoms with Crippen molar-refractivity contribution in [3.8, 4) is 11.8 Å². The van der Waals surface area contributed by atoms with Crippen LogP contribution in [0.3, 0.4) is 0 Å². The van der Waals surface area contributed by atoms with Gasteiger partial charge in [0.25, 0.3) is 0 Å². The summed E-state index contributed by atoms with van der Waals surface area (Å²) in [5.74, 6) is 0.708. The van der Waals surface area contributed by atoms with E-state index in [2.05, 4.69) is 25.7 Å². The Balaban J connectivity index is 2.07. The Labute approximate surface area is 136 Å². The Kier molecular flexibility index (Phi) is 3.94. The molecule has 120 valence electrons. The van der Waals surface area contributed by atoms with Crippen LogP contribution in [-0.2, 0) is 7.05 Å². The van der Waals surface area contributed by atoms with Crippen LogP contribution >= 0.6 is 0 Å². The number of aromatic nitrogens is 4. The van der Waals surface area contributed by atoms with Crippen LogP contribution in [0.5, 0.6) is 0 Å². The fourth-order valence-electron chi connectivity index (χ4n) is 2.18. The Morgan fingerprint density at radius 3 is 2.71 bits per heavy atom. The molecule has 0 amide bonds. The number of nitriles is 1. The summed E-state index contributed by atoms with van der Waals surface area (Å²) in [5.41, 5.74) is 0.728. The first-order chi connectivity index (χ1) is 11.7. The molecule has 9 heteroatoms. The number of rotatable bonds is 4. The molecule has 0 bridgehead atoms. The summed E-state index contributed by atoms with van der Waals surface area (Å²) in [6.45, 7) is 0. The number of anilines is 1. The number of azo groups is 1. The van der Waals surface area contributed by atoms with Gasteiger partial charge in [-0.25, -0.2) is 9.36 Å². The summed E-state index contributed by atoms with van der Waals surface area (Å²) < 4.78 is 2.79. The number of H-pyrrole nitrogens is 1. The highest BCUT2D eigenvalue weighted by atomic mass is 16.1. The maximum atomic E-state index is 12.6. The van der Waals surface area contributed by atoms with Crippen molar-refractivity contribution in [3.05, 3.63) is 52.4 Å². The summed E-state index contributed by atoms with van der Waals surface area (Å²) in [7, 11) is 3.32. The second kappa shape index (κ2) is 6.21. The van der Waals surface area contributed by atoms with Gasteiger partial charge in [0.15, 0.2) is 17.3 Å². The van der Waals surface area contributed by atoms with Crippen LogP contribution in [0.2, 0.25) is 0 Å². The Hall–Kier alpha value is -3.67. The summed E-state index contributed by atoms with van der Waals surface area (Å²) >= 11 is 0. The van der Waals surface area contributed by atoms with E-state index in [-0.39, 0.29) is 22.6 Å². The number of para-hydroxylation sites is 1. The van der Waals surface area contributed by atoms with Gasteiger partial charge in [0.2, 0.25) is 0 Å². The van der Waals surface area contributed by atoms with Crippen LogP contribution in [0.1, 0.15) is 5.56 Å². The average Bonchev–Trinajstić information content (AvgIpc) is 3.13. The zero-order valence-corrected chi connectivity index (χ0v) is 13.1. The number of aromatic amines is 1. The van der Waals surface area contributed by atoms with Crippen LogP contribution in [0.25, 0.3) is 5.69 Å². The summed E-state index contributed by atoms with van der Waals surface area (Å²) in [6, 6.07) is 11.1. The van der Waals surface area contributed by atoms with Crippen LogP contribution in [0.4, 0.5) is 17.3 Å². The lowest BCUT2D eigenvalue weighted by molar-refractivity contribution is 0.764. The van der Waals surface area contributed by atoms with Gasteiger partial charge in [0, 0.05) is 14.1 Å². The quantitative estimate of drug-likeness (QED) is 0.716. The molecular weight excluding hydrogens is 308 g/mol. The predicted octanol–water partition coefficient (Wildman–Crippen LogP) is 2.23. The number of hydrogen-bond acceptors (Lipinski definition) is 6. The van der Waals surface area contributed by atoms with Crippen molar-refractivity contribution in [3.63, 3.8) is 0 Å². The van der Waals surface area contributed by atoms with Gasteiger partial charge >= 0.3 is 5.56 Å². The van der Waals surface area contributed by atoms with Crippen LogP contribution in [-0.4, -0.2) is 26.6 Å². The molecule has 0 spiro atoms. The van der Waals surface area contributed by atoms with Gasteiger partial charge in [-0.2, -0.15) is 10.4 Å². The number of hydrogen-bond donors (Lipinski definition) is 2. The van der Waals surface area contributed by atoms with Crippen molar-refractivity contribution in [2.75, 3.05) is 12.4 Å². The molecule has 3 rings (SSSR count). The first-order valence-corrected chi connectivity index (χ1v) is 7.07. The van der Waals surface area contributed by atoms with E-state index in [9.17, 15) is 4.79 Å². The van der Waals surface area contributed by atoms with Gasteiger partial charge in [0.1, 0.15) is 11.6 Å². The molecule has 0 aliphatic rings. The largest absolute Gasteiger partial charge is 0.372 e. The molecule has 0 saturated carbocycles. The molecule has 1 aromatic carbocycles. The maximum Gasteiger partial charge on any atom is 0.301 e. The number of benzene rings is 1. The number of aryl methyl sites for hydroxylation is 1. The highest BCUT2D eigenvalue weighted by Gasteiger charge is 2.15. The summed E-state index contributed by atoms with van der Waals surface area (Å²) in [4.78, 5) is 12.6. The molecule has 3 aromatic rings. The molecule has 2 aromatic heterocycles. The molecule has 0 unspecified atom stereocenters. The highest BCUT2D eigenvalue weighted by Crippen LogP contribution is 2.24.